The van der Waals surface area contributed by atoms with Crippen molar-refractivity contribution in [3.05, 3.63) is 35.4 Å². The summed E-state index contributed by atoms with van der Waals surface area (Å²) in [6.07, 6.45) is 3.71. The Balaban J connectivity index is 1.70. The minimum atomic E-state index is -3.16. The average molecular weight is 352 g/mol. The van der Waals surface area contributed by atoms with E-state index in [2.05, 4.69) is 25.9 Å². The van der Waals surface area contributed by atoms with Gasteiger partial charge in [0.05, 0.1) is 29.4 Å². The Labute approximate surface area is 142 Å². The third-order valence-corrected chi connectivity index (χ3v) is 5.01. The standard InChI is InChI=1S/C15H24N6O2S/c1-12-8-15(19(2)18-12)11-20-9-13-4-6-16-21(13)14(10-20)5-7-17-24(3,22)23/h4,6,8,14,17H,5,7,9-11H2,1-3H3/t14-/m1/s1. The van der Waals surface area contributed by atoms with Crippen LogP contribution in [0.3, 0.4) is 0 Å². The van der Waals surface area contributed by atoms with Gasteiger partial charge in [-0.3, -0.25) is 14.3 Å². The molecule has 0 saturated carbocycles. The van der Waals surface area contributed by atoms with Gasteiger partial charge in [-0.05, 0) is 25.5 Å². The zero-order valence-corrected chi connectivity index (χ0v) is 15.1. The molecule has 0 bridgehead atoms. The van der Waals surface area contributed by atoms with Gasteiger partial charge in [-0.15, -0.1) is 0 Å². The number of aryl methyl sites for hydroxylation is 2. The zero-order valence-electron chi connectivity index (χ0n) is 14.3. The molecular weight excluding hydrogens is 328 g/mol. The fourth-order valence-corrected chi connectivity index (χ4v) is 3.74. The molecule has 1 N–H and O–H groups in total. The van der Waals surface area contributed by atoms with E-state index in [1.807, 2.05) is 35.6 Å². The molecule has 0 spiro atoms. The number of aromatic nitrogens is 4. The lowest BCUT2D eigenvalue weighted by molar-refractivity contribution is 0.158. The number of sulfonamides is 1. The topological polar surface area (TPSA) is 85.0 Å². The zero-order chi connectivity index (χ0) is 17.3. The molecule has 3 heterocycles. The Bertz CT molecular complexity index is 810. The molecule has 3 rings (SSSR count). The van der Waals surface area contributed by atoms with Crippen LogP contribution in [-0.4, -0.2) is 52.2 Å². The second-order valence-electron chi connectivity index (χ2n) is 6.45. The van der Waals surface area contributed by atoms with Gasteiger partial charge >= 0.3 is 0 Å². The van der Waals surface area contributed by atoms with E-state index in [1.165, 1.54) is 11.9 Å². The Morgan fingerprint density at radius 1 is 1.42 bits per heavy atom. The van der Waals surface area contributed by atoms with E-state index < -0.39 is 10.0 Å². The molecule has 1 aliphatic rings. The normalized spacial score (nSPS) is 18.7. The van der Waals surface area contributed by atoms with E-state index in [0.29, 0.717) is 13.0 Å². The van der Waals surface area contributed by atoms with Gasteiger partial charge in [-0.25, -0.2) is 13.1 Å². The molecule has 0 fully saturated rings. The van der Waals surface area contributed by atoms with Crippen molar-refractivity contribution in [2.75, 3.05) is 19.3 Å². The highest BCUT2D eigenvalue weighted by atomic mass is 32.2. The molecule has 1 atom stereocenters. The van der Waals surface area contributed by atoms with E-state index in [-0.39, 0.29) is 6.04 Å². The smallest absolute Gasteiger partial charge is 0.208 e. The van der Waals surface area contributed by atoms with Crippen LogP contribution in [0.5, 0.6) is 0 Å². The fraction of sp³-hybridized carbons (Fsp3) is 0.600. The summed E-state index contributed by atoms with van der Waals surface area (Å²) in [5, 5.41) is 8.81. The number of nitrogens with one attached hydrogen (secondary N) is 1. The van der Waals surface area contributed by atoms with E-state index in [4.69, 9.17) is 0 Å². The lowest BCUT2D eigenvalue weighted by Gasteiger charge is -2.33. The van der Waals surface area contributed by atoms with Gasteiger partial charge in [-0.2, -0.15) is 10.2 Å². The summed E-state index contributed by atoms with van der Waals surface area (Å²) >= 11 is 0. The predicted octanol–water partition coefficient (Wildman–Crippen LogP) is 0.421. The average Bonchev–Trinajstić information content (AvgIpc) is 3.04. The van der Waals surface area contributed by atoms with Crippen molar-refractivity contribution >= 4 is 10.0 Å². The highest BCUT2D eigenvalue weighted by Gasteiger charge is 2.26. The molecule has 24 heavy (non-hydrogen) atoms. The van der Waals surface area contributed by atoms with Crippen LogP contribution < -0.4 is 4.72 Å². The summed E-state index contributed by atoms with van der Waals surface area (Å²) in [5.74, 6) is 0. The van der Waals surface area contributed by atoms with Crippen molar-refractivity contribution in [2.24, 2.45) is 7.05 Å². The van der Waals surface area contributed by atoms with Gasteiger partial charge in [0.15, 0.2) is 0 Å². The van der Waals surface area contributed by atoms with Crippen molar-refractivity contribution < 1.29 is 8.42 Å². The van der Waals surface area contributed by atoms with Gasteiger partial charge in [0.1, 0.15) is 0 Å². The molecule has 0 aromatic carbocycles. The molecule has 0 amide bonds. The van der Waals surface area contributed by atoms with Crippen LogP contribution in [-0.2, 0) is 30.2 Å². The number of hydrogen-bond donors (Lipinski definition) is 1. The molecule has 2 aromatic heterocycles. The van der Waals surface area contributed by atoms with Crippen LogP contribution in [0.2, 0.25) is 0 Å². The number of rotatable bonds is 6. The quantitative estimate of drug-likeness (QED) is 0.814. The van der Waals surface area contributed by atoms with Crippen LogP contribution in [0.1, 0.15) is 29.5 Å². The molecular formula is C15H24N6O2S. The first-order valence-corrected chi connectivity index (χ1v) is 9.90. The second-order valence-corrected chi connectivity index (χ2v) is 8.28. The molecule has 132 valence electrons. The van der Waals surface area contributed by atoms with Crippen LogP contribution in [0, 0.1) is 6.92 Å². The summed E-state index contributed by atoms with van der Waals surface area (Å²) in [6.45, 7) is 4.90. The molecule has 0 aliphatic carbocycles. The Morgan fingerprint density at radius 2 is 2.21 bits per heavy atom. The summed E-state index contributed by atoms with van der Waals surface area (Å²) in [6, 6.07) is 4.29. The maximum absolute atomic E-state index is 11.3. The summed E-state index contributed by atoms with van der Waals surface area (Å²) in [4.78, 5) is 2.36. The highest BCUT2D eigenvalue weighted by Crippen LogP contribution is 2.24. The Hall–Kier alpha value is -1.71. The molecule has 0 saturated heterocycles. The lowest BCUT2D eigenvalue weighted by Crippen LogP contribution is -2.39. The van der Waals surface area contributed by atoms with Gasteiger partial charge in [0.2, 0.25) is 10.0 Å². The second kappa shape index (κ2) is 6.66. The minimum absolute atomic E-state index is 0.160. The van der Waals surface area contributed by atoms with Crippen molar-refractivity contribution in [1.82, 2.24) is 29.2 Å². The highest BCUT2D eigenvalue weighted by molar-refractivity contribution is 7.88. The van der Waals surface area contributed by atoms with Crippen molar-refractivity contribution in [1.29, 1.82) is 0 Å². The van der Waals surface area contributed by atoms with Gasteiger partial charge in [0, 0.05) is 39.4 Å². The number of fused-ring (bicyclic) bond motifs is 1. The van der Waals surface area contributed by atoms with E-state index in [9.17, 15) is 8.42 Å². The lowest BCUT2D eigenvalue weighted by atomic mass is 10.1. The summed E-state index contributed by atoms with van der Waals surface area (Å²) < 4.78 is 29.0. The minimum Gasteiger partial charge on any atom is -0.290 e. The molecule has 0 radical (unpaired) electrons. The first kappa shape index (κ1) is 17.1. The van der Waals surface area contributed by atoms with Crippen molar-refractivity contribution in [2.45, 2.75) is 32.5 Å². The van der Waals surface area contributed by atoms with Crippen LogP contribution in [0.15, 0.2) is 18.3 Å². The Kier molecular flexibility index (Phi) is 4.75. The SMILES string of the molecule is Cc1cc(CN2Cc3ccnn3[C@H](CCNS(C)(=O)=O)C2)n(C)n1. The number of hydrogen-bond acceptors (Lipinski definition) is 5. The monoisotopic (exact) mass is 352 g/mol. The molecule has 8 nitrogen and oxygen atoms in total. The van der Waals surface area contributed by atoms with E-state index >= 15 is 0 Å². The first-order chi connectivity index (χ1) is 11.3. The molecule has 1 aliphatic heterocycles. The summed E-state index contributed by atoms with van der Waals surface area (Å²) in [5.41, 5.74) is 3.35. The molecule has 0 unspecified atom stereocenters. The van der Waals surface area contributed by atoms with E-state index in [0.717, 1.165) is 31.0 Å². The van der Waals surface area contributed by atoms with Crippen LogP contribution >= 0.6 is 0 Å². The number of nitrogens with zero attached hydrogens (tertiary/aromatic N) is 5. The van der Waals surface area contributed by atoms with Gasteiger partial charge in [0.25, 0.3) is 0 Å². The Morgan fingerprint density at radius 3 is 2.88 bits per heavy atom. The first-order valence-electron chi connectivity index (χ1n) is 8.01. The van der Waals surface area contributed by atoms with E-state index in [1.54, 1.807) is 0 Å². The van der Waals surface area contributed by atoms with Crippen LogP contribution in [0.4, 0.5) is 0 Å². The largest absolute Gasteiger partial charge is 0.290 e. The van der Waals surface area contributed by atoms with Crippen molar-refractivity contribution in [3.63, 3.8) is 0 Å². The fourth-order valence-electron chi connectivity index (χ4n) is 3.25. The molecule has 9 heteroatoms. The maximum atomic E-state index is 11.3. The van der Waals surface area contributed by atoms with Crippen molar-refractivity contribution in [3.8, 4) is 0 Å². The van der Waals surface area contributed by atoms with Gasteiger partial charge < -0.3 is 0 Å². The maximum Gasteiger partial charge on any atom is 0.208 e. The van der Waals surface area contributed by atoms with Crippen LogP contribution in [0.25, 0.3) is 0 Å². The molecule has 2 aromatic rings. The van der Waals surface area contributed by atoms with Gasteiger partial charge in [-0.1, -0.05) is 0 Å². The third-order valence-electron chi connectivity index (χ3n) is 4.28. The summed E-state index contributed by atoms with van der Waals surface area (Å²) in [7, 11) is -1.20. The third kappa shape index (κ3) is 4.03. The predicted molar refractivity (Wildman–Crippen MR) is 90.8 cm³/mol.